The van der Waals surface area contributed by atoms with Gasteiger partial charge in [-0.3, -0.25) is 9.59 Å². The van der Waals surface area contributed by atoms with Crippen LogP contribution in [0.2, 0.25) is 0 Å². The zero-order valence-electron chi connectivity index (χ0n) is 18.2. The first-order chi connectivity index (χ1) is 16.1. The molecule has 1 amide bonds. The molecule has 0 unspecified atom stereocenters. The summed E-state index contributed by atoms with van der Waals surface area (Å²) >= 11 is 5.24. The quantitative estimate of drug-likeness (QED) is 0.338. The normalized spacial score (nSPS) is 10.2. The van der Waals surface area contributed by atoms with Gasteiger partial charge < -0.3 is 20.1 Å². The molecule has 0 aliphatic rings. The van der Waals surface area contributed by atoms with E-state index in [-0.39, 0.29) is 30.5 Å². The largest absolute Gasteiger partial charge is 0.487 e. The van der Waals surface area contributed by atoms with E-state index in [9.17, 15) is 9.59 Å². The zero-order valence-corrected chi connectivity index (χ0v) is 19.0. The molecule has 0 fully saturated rings. The summed E-state index contributed by atoms with van der Waals surface area (Å²) in [5, 5.41) is 5.69. The van der Waals surface area contributed by atoms with Crippen LogP contribution in [0.25, 0.3) is 0 Å². The molecular weight excluding hydrogens is 436 g/mol. The monoisotopic (exact) mass is 462 g/mol. The average Bonchev–Trinajstić information content (AvgIpc) is 2.83. The van der Waals surface area contributed by atoms with E-state index in [2.05, 4.69) is 10.6 Å². The van der Waals surface area contributed by atoms with E-state index >= 15 is 0 Å². The number of benzene rings is 3. The molecule has 0 atom stereocenters. The smallest absolute Gasteiger partial charge is 0.306 e. The zero-order chi connectivity index (χ0) is 23.3. The Labute approximate surface area is 198 Å². The van der Waals surface area contributed by atoms with Gasteiger partial charge in [-0.25, -0.2) is 0 Å². The maximum Gasteiger partial charge on any atom is 0.306 e. The minimum atomic E-state index is -0.417. The molecule has 0 saturated heterocycles. The molecular formula is C26H26N2O4S. The van der Waals surface area contributed by atoms with Gasteiger partial charge in [-0.2, -0.15) is 0 Å². The SMILES string of the molecule is O=C(CCC(=O)OCCc1ccccc1)NC(=S)Nc1ccccc1OCc1ccccc1. The summed E-state index contributed by atoms with van der Waals surface area (Å²) in [6.07, 6.45) is 0.608. The van der Waals surface area contributed by atoms with Gasteiger partial charge in [0.25, 0.3) is 0 Å². The highest BCUT2D eigenvalue weighted by molar-refractivity contribution is 7.80. The van der Waals surface area contributed by atoms with E-state index in [0.29, 0.717) is 24.5 Å². The standard InChI is InChI=1S/C26H26N2O4S/c29-24(15-16-25(30)31-18-17-20-9-3-1-4-10-20)28-26(33)27-22-13-7-8-14-23(22)32-19-21-11-5-2-6-12-21/h1-14H,15-19H2,(H2,27,28,29,33). The second kappa shape index (κ2) is 13.0. The Hall–Kier alpha value is -3.71. The van der Waals surface area contributed by atoms with Gasteiger partial charge >= 0.3 is 5.97 Å². The molecule has 2 N–H and O–H groups in total. The van der Waals surface area contributed by atoms with Crippen LogP contribution >= 0.6 is 12.2 Å². The van der Waals surface area contributed by atoms with Gasteiger partial charge in [-0.05, 0) is 35.5 Å². The number of hydrogen-bond acceptors (Lipinski definition) is 5. The van der Waals surface area contributed by atoms with Crippen molar-refractivity contribution in [3.8, 4) is 5.75 Å². The van der Waals surface area contributed by atoms with Crippen LogP contribution in [-0.2, 0) is 27.4 Å². The molecule has 0 bridgehead atoms. The molecule has 7 heteroatoms. The average molecular weight is 463 g/mol. The van der Waals surface area contributed by atoms with E-state index in [1.54, 1.807) is 0 Å². The van der Waals surface area contributed by atoms with Gasteiger partial charge in [0.05, 0.1) is 18.7 Å². The molecule has 0 heterocycles. The topological polar surface area (TPSA) is 76.7 Å². The Morgan fingerprint density at radius 3 is 2.15 bits per heavy atom. The Morgan fingerprint density at radius 2 is 1.42 bits per heavy atom. The molecule has 0 aliphatic heterocycles. The van der Waals surface area contributed by atoms with Crippen molar-refractivity contribution in [1.29, 1.82) is 0 Å². The van der Waals surface area contributed by atoms with E-state index in [0.717, 1.165) is 11.1 Å². The highest BCUT2D eigenvalue weighted by Gasteiger charge is 2.11. The lowest BCUT2D eigenvalue weighted by Gasteiger charge is -2.14. The molecule has 3 aromatic carbocycles. The van der Waals surface area contributed by atoms with Crippen molar-refractivity contribution in [3.63, 3.8) is 0 Å². The first-order valence-electron chi connectivity index (χ1n) is 10.7. The van der Waals surface area contributed by atoms with Crippen LogP contribution in [0.5, 0.6) is 5.75 Å². The van der Waals surface area contributed by atoms with Crippen LogP contribution in [0.1, 0.15) is 24.0 Å². The van der Waals surface area contributed by atoms with Crippen molar-refractivity contribution < 1.29 is 19.1 Å². The second-order valence-electron chi connectivity index (χ2n) is 7.23. The number of carbonyl (C=O) groups excluding carboxylic acids is 2. The van der Waals surface area contributed by atoms with Crippen LogP contribution < -0.4 is 15.4 Å². The molecule has 6 nitrogen and oxygen atoms in total. The van der Waals surface area contributed by atoms with Crippen LogP contribution in [0.4, 0.5) is 5.69 Å². The number of para-hydroxylation sites is 2. The number of carbonyl (C=O) groups is 2. The number of ether oxygens (including phenoxy) is 2. The van der Waals surface area contributed by atoms with E-state index < -0.39 is 5.97 Å². The summed E-state index contributed by atoms with van der Waals surface area (Å²) in [5.74, 6) is -0.172. The first kappa shape index (κ1) is 23.9. The van der Waals surface area contributed by atoms with Crippen molar-refractivity contribution in [2.24, 2.45) is 0 Å². The highest BCUT2D eigenvalue weighted by atomic mass is 32.1. The fourth-order valence-electron chi connectivity index (χ4n) is 2.99. The van der Waals surface area contributed by atoms with Crippen LogP contribution in [0.15, 0.2) is 84.9 Å². The van der Waals surface area contributed by atoms with Gasteiger partial charge in [0.1, 0.15) is 12.4 Å². The third kappa shape index (κ3) is 8.74. The molecule has 0 radical (unpaired) electrons. The van der Waals surface area contributed by atoms with Gasteiger partial charge in [-0.1, -0.05) is 72.8 Å². The summed E-state index contributed by atoms with van der Waals surface area (Å²) in [5.41, 5.74) is 2.77. The number of anilines is 1. The molecule has 33 heavy (non-hydrogen) atoms. The second-order valence-corrected chi connectivity index (χ2v) is 7.64. The molecule has 0 aliphatic carbocycles. The number of nitrogens with one attached hydrogen (secondary N) is 2. The lowest BCUT2D eigenvalue weighted by molar-refractivity contribution is -0.144. The Balaban J connectivity index is 1.38. The van der Waals surface area contributed by atoms with Gasteiger partial charge in [0, 0.05) is 12.8 Å². The van der Waals surface area contributed by atoms with Gasteiger partial charge in [0.15, 0.2) is 5.11 Å². The minimum absolute atomic E-state index is 0.0139. The molecule has 3 aromatic rings. The molecule has 0 spiro atoms. The molecule has 0 saturated carbocycles. The summed E-state index contributed by atoms with van der Waals surface area (Å²) in [6, 6.07) is 26.9. The maximum atomic E-state index is 12.2. The Bertz CT molecular complexity index is 1060. The fraction of sp³-hybridized carbons (Fsp3) is 0.192. The Morgan fingerprint density at radius 1 is 0.788 bits per heavy atom. The van der Waals surface area contributed by atoms with Crippen molar-refractivity contribution in [3.05, 3.63) is 96.1 Å². The van der Waals surface area contributed by atoms with Crippen LogP contribution in [0, 0.1) is 0 Å². The van der Waals surface area contributed by atoms with Crippen molar-refractivity contribution in [1.82, 2.24) is 5.32 Å². The van der Waals surface area contributed by atoms with E-state index in [4.69, 9.17) is 21.7 Å². The van der Waals surface area contributed by atoms with Gasteiger partial charge in [0.2, 0.25) is 5.91 Å². The summed E-state index contributed by atoms with van der Waals surface area (Å²) in [6.45, 7) is 0.690. The first-order valence-corrected chi connectivity index (χ1v) is 11.1. The van der Waals surface area contributed by atoms with Crippen LogP contribution in [-0.4, -0.2) is 23.6 Å². The lowest BCUT2D eigenvalue weighted by atomic mass is 10.2. The predicted octanol–water partition coefficient (Wildman–Crippen LogP) is 4.64. The summed E-state index contributed by atoms with van der Waals surface area (Å²) in [7, 11) is 0. The summed E-state index contributed by atoms with van der Waals surface area (Å²) in [4.78, 5) is 24.0. The third-order valence-corrected chi connectivity index (χ3v) is 4.88. The van der Waals surface area contributed by atoms with E-state index in [1.165, 1.54) is 0 Å². The Kier molecular flexibility index (Phi) is 9.42. The fourth-order valence-corrected chi connectivity index (χ4v) is 3.21. The third-order valence-electron chi connectivity index (χ3n) is 4.68. The van der Waals surface area contributed by atoms with Crippen molar-refractivity contribution >= 4 is 34.9 Å². The predicted molar refractivity (Wildman–Crippen MR) is 132 cm³/mol. The number of hydrogen-bond donors (Lipinski definition) is 2. The van der Waals surface area contributed by atoms with E-state index in [1.807, 2.05) is 84.9 Å². The minimum Gasteiger partial charge on any atom is -0.487 e. The lowest BCUT2D eigenvalue weighted by Crippen LogP contribution is -2.34. The van der Waals surface area contributed by atoms with Crippen molar-refractivity contribution in [2.75, 3.05) is 11.9 Å². The number of rotatable bonds is 10. The number of esters is 1. The molecule has 3 rings (SSSR count). The van der Waals surface area contributed by atoms with Crippen molar-refractivity contribution in [2.45, 2.75) is 25.9 Å². The maximum absolute atomic E-state index is 12.2. The number of thiocarbonyl (C=S) groups is 1. The highest BCUT2D eigenvalue weighted by Crippen LogP contribution is 2.24. The molecule has 0 aromatic heterocycles. The molecule has 170 valence electrons. The van der Waals surface area contributed by atoms with Crippen LogP contribution in [0.3, 0.4) is 0 Å². The summed E-state index contributed by atoms with van der Waals surface area (Å²) < 4.78 is 11.1. The number of amides is 1. The van der Waals surface area contributed by atoms with Gasteiger partial charge in [-0.15, -0.1) is 0 Å².